The molecule has 4 N–H and O–H groups in total. The molecule has 0 radical (unpaired) electrons. The van der Waals surface area contributed by atoms with Gasteiger partial charge in [-0.3, -0.25) is 0 Å². The number of anilines is 1. The van der Waals surface area contributed by atoms with E-state index in [4.69, 9.17) is 15.2 Å². The van der Waals surface area contributed by atoms with E-state index in [0.717, 1.165) is 0 Å². The second-order valence-electron chi connectivity index (χ2n) is 5.21. The van der Waals surface area contributed by atoms with Gasteiger partial charge in [0.05, 0.1) is 13.7 Å². The number of aromatic nitrogens is 4. The van der Waals surface area contributed by atoms with E-state index in [-0.39, 0.29) is 0 Å². The predicted octanol–water partition coefficient (Wildman–Crippen LogP) is 1.32. The normalized spacial score (nSPS) is 16.4. The smallest absolute Gasteiger partial charge is 0.397 e. The Morgan fingerprint density at radius 3 is 2.85 bits per heavy atom. The van der Waals surface area contributed by atoms with Crippen LogP contribution in [0.25, 0.3) is 11.2 Å². The lowest BCUT2D eigenvalue weighted by Gasteiger charge is -2.20. The second kappa shape index (κ2) is 5.52. The highest BCUT2D eigenvalue weighted by Crippen LogP contribution is 2.24. The maximum absolute atomic E-state index is 5.90. The topological polar surface area (TPSA) is 100 Å². The molecule has 20 heavy (non-hydrogen) atoms. The van der Waals surface area contributed by atoms with Crippen molar-refractivity contribution in [1.29, 1.82) is 0 Å². The van der Waals surface area contributed by atoms with E-state index in [2.05, 4.69) is 19.9 Å². The summed E-state index contributed by atoms with van der Waals surface area (Å²) in [6.07, 6.45) is 6.37. The van der Waals surface area contributed by atoms with Crippen LogP contribution in [0, 0.1) is 5.92 Å². The molecular formula is C13H20N5O2+. The molecule has 1 fully saturated rings. The van der Waals surface area contributed by atoms with Crippen molar-refractivity contribution in [3.63, 3.8) is 0 Å². The number of imidazole rings is 1. The van der Waals surface area contributed by atoms with Gasteiger partial charge in [-0.1, -0.05) is 19.3 Å². The van der Waals surface area contributed by atoms with E-state index in [0.29, 0.717) is 41.5 Å². The number of methoxy groups -OCH3 is 1. The van der Waals surface area contributed by atoms with Gasteiger partial charge in [-0.05, 0) is 23.7 Å². The average Bonchev–Trinajstić information content (AvgIpc) is 2.90. The van der Waals surface area contributed by atoms with Crippen molar-refractivity contribution in [2.24, 2.45) is 5.92 Å². The highest BCUT2D eigenvalue weighted by atomic mass is 16.5. The minimum atomic E-state index is 0.318. The first-order chi connectivity index (χ1) is 9.76. The molecule has 108 valence electrons. The lowest BCUT2D eigenvalue weighted by molar-refractivity contribution is -0.364. The third-order valence-electron chi connectivity index (χ3n) is 3.76. The van der Waals surface area contributed by atoms with Crippen molar-refractivity contribution in [3.05, 3.63) is 0 Å². The standard InChI is InChI=1S/C13H19N5O2/c1-19-12-15-9-10(14)16-13(18-11(9)17-12)20-7-8-5-3-2-4-6-8/h8H,2-7H2,1H3,(H3,14,15,16,17,18)/p+1. The van der Waals surface area contributed by atoms with Crippen molar-refractivity contribution in [3.8, 4) is 12.0 Å². The Morgan fingerprint density at radius 2 is 2.10 bits per heavy atom. The number of nitrogen functional groups attached to an aromatic ring is 1. The highest BCUT2D eigenvalue weighted by Gasteiger charge is 2.20. The van der Waals surface area contributed by atoms with Gasteiger partial charge in [0.2, 0.25) is 5.52 Å². The van der Waals surface area contributed by atoms with Crippen LogP contribution in [0.2, 0.25) is 0 Å². The summed E-state index contributed by atoms with van der Waals surface area (Å²) in [5, 5.41) is 0. The Labute approximate surface area is 116 Å². The van der Waals surface area contributed by atoms with E-state index in [1.54, 1.807) is 7.11 Å². The van der Waals surface area contributed by atoms with Crippen LogP contribution < -0.4 is 20.2 Å². The first kappa shape index (κ1) is 13.0. The maximum atomic E-state index is 5.90. The molecule has 7 nitrogen and oxygen atoms in total. The Hall–Kier alpha value is -2.05. The molecule has 0 unspecified atom stereocenters. The molecule has 7 heteroatoms. The van der Waals surface area contributed by atoms with Crippen molar-refractivity contribution in [2.45, 2.75) is 32.1 Å². The zero-order valence-corrected chi connectivity index (χ0v) is 11.6. The van der Waals surface area contributed by atoms with Gasteiger partial charge in [0.1, 0.15) is 0 Å². The van der Waals surface area contributed by atoms with E-state index >= 15 is 0 Å². The highest BCUT2D eigenvalue weighted by molar-refractivity contribution is 5.79. The van der Waals surface area contributed by atoms with Crippen molar-refractivity contribution in [2.75, 3.05) is 19.5 Å². The van der Waals surface area contributed by atoms with Crippen LogP contribution in [-0.2, 0) is 0 Å². The molecule has 1 saturated carbocycles. The number of rotatable bonds is 4. The number of hydrogen-bond acceptors (Lipinski definition) is 5. The van der Waals surface area contributed by atoms with Gasteiger partial charge in [0, 0.05) is 0 Å². The monoisotopic (exact) mass is 278 g/mol. The largest absolute Gasteiger partial charge is 0.451 e. The summed E-state index contributed by atoms with van der Waals surface area (Å²) in [5.74, 6) is 0.960. The van der Waals surface area contributed by atoms with Gasteiger partial charge >= 0.3 is 17.7 Å². The van der Waals surface area contributed by atoms with Gasteiger partial charge in [-0.25, -0.2) is 9.97 Å². The molecule has 0 aromatic carbocycles. The third kappa shape index (κ3) is 2.61. The van der Waals surface area contributed by atoms with Gasteiger partial charge in [-0.2, -0.15) is 4.98 Å². The van der Waals surface area contributed by atoms with E-state index in [1.165, 1.54) is 32.1 Å². The number of H-pyrrole nitrogens is 2. The van der Waals surface area contributed by atoms with Crippen LogP contribution in [0.4, 0.5) is 5.82 Å². The summed E-state index contributed by atoms with van der Waals surface area (Å²) in [5.41, 5.74) is 7.12. The van der Waals surface area contributed by atoms with Crippen molar-refractivity contribution >= 4 is 17.0 Å². The minimum Gasteiger partial charge on any atom is -0.451 e. The average molecular weight is 278 g/mol. The van der Waals surface area contributed by atoms with E-state index < -0.39 is 0 Å². The molecule has 0 aliphatic heterocycles. The number of ether oxygens (including phenoxy) is 2. The number of nitrogens with two attached hydrogens (primary N) is 1. The van der Waals surface area contributed by atoms with Crippen LogP contribution in [0.1, 0.15) is 32.1 Å². The second-order valence-corrected chi connectivity index (χ2v) is 5.21. The lowest BCUT2D eigenvalue weighted by atomic mass is 9.90. The number of nitrogens with one attached hydrogen (secondary N) is 2. The number of fused-ring (bicyclic) bond motifs is 1. The summed E-state index contributed by atoms with van der Waals surface area (Å²) < 4.78 is 10.8. The first-order valence-electron chi connectivity index (χ1n) is 7.01. The van der Waals surface area contributed by atoms with Gasteiger partial charge in [-0.15, -0.1) is 0 Å². The maximum Gasteiger partial charge on any atom is 0.397 e. The summed E-state index contributed by atoms with van der Waals surface area (Å²) >= 11 is 0. The molecule has 0 spiro atoms. The quantitative estimate of drug-likeness (QED) is 0.878. The number of hydrogen-bond donors (Lipinski definition) is 2. The minimum absolute atomic E-state index is 0.318. The Balaban J connectivity index is 1.74. The van der Waals surface area contributed by atoms with Crippen LogP contribution in [0.15, 0.2) is 0 Å². The van der Waals surface area contributed by atoms with Crippen LogP contribution >= 0.6 is 0 Å². The molecule has 0 bridgehead atoms. The molecule has 2 aromatic heterocycles. The first-order valence-corrected chi connectivity index (χ1v) is 7.01. The zero-order chi connectivity index (χ0) is 13.9. The lowest BCUT2D eigenvalue weighted by Crippen LogP contribution is -2.16. The summed E-state index contributed by atoms with van der Waals surface area (Å²) in [7, 11) is 1.56. The molecular weight excluding hydrogens is 258 g/mol. The summed E-state index contributed by atoms with van der Waals surface area (Å²) in [4.78, 5) is 14.4. The molecule has 0 atom stereocenters. The van der Waals surface area contributed by atoms with Gasteiger partial charge in [0.15, 0.2) is 5.82 Å². The fourth-order valence-electron chi connectivity index (χ4n) is 2.64. The fourth-order valence-corrected chi connectivity index (χ4v) is 2.64. The molecule has 0 saturated heterocycles. The van der Waals surface area contributed by atoms with Gasteiger partial charge < -0.3 is 15.2 Å². The molecule has 2 heterocycles. The molecule has 0 amide bonds. The Kier molecular flexibility index (Phi) is 3.58. The van der Waals surface area contributed by atoms with Crippen LogP contribution in [-0.4, -0.2) is 28.7 Å². The SMILES string of the molecule is COc1[nH]c2c(N)nc(OCC3CCCCC3)nc2[nH+]1. The van der Waals surface area contributed by atoms with E-state index in [1.807, 2.05) is 0 Å². The Morgan fingerprint density at radius 1 is 1.30 bits per heavy atom. The summed E-state index contributed by atoms with van der Waals surface area (Å²) in [6, 6.07) is 0.809. The van der Waals surface area contributed by atoms with Crippen LogP contribution in [0.5, 0.6) is 12.0 Å². The van der Waals surface area contributed by atoms with Crippen LogP contribution in [0.3, 0.4) is 0 Å². The fraction of sp³-hybridized carbons (Fsp3) is 0.615. The third-order valence-corrected chi connectivity index (χ3v) is 3.76. The zero-order valence-electron chi connectivity index (χ0n) is 11.6. The molecule has 3 rings (SSSR count). The molecule has 1 aliphatic rings. The van der Waals surface area contributed by atoms with Gasteiger partial charge in [0.25, 0.3) is 0 Å². The van der Waals surface area contributed by atoms with Crippen molar-refractivity contribution < 1.29 is 14.5 Å². The number of nitrogens with zero attached hydrogens (tertiary/aromatic N) is 2. The predicted molar refractivity (Wildman–Crippen MR) is 73.5 cm³/mol. The summed E-state index contributed by atoms with van der Waals surface area (Å²) in [6.45, 7) is 0.659. The molecule has 1 aliphatic carbocycles. The number of aromatic amines is 2. The Bertz CT molecular complexity index is 592. The molecule has 2 aromatic rings. The van der Waals surface area contributed by atoms with Crippen molar-refractivity contribution in [1.82, 2.24) is 15.0 Å². The van der Waals surface area contributed by atoms with E-state index in [9.17, 15) is 0 Å².